The third-order valence-electron chi connectivity index (χ3n) is 0.815. The topological polar surface area (TPSA) is 35.5 Å². The molecule has 0 rings (SSSR count). The van der Waals surface area contributed by atoms with E-state index >= 15 is 0 Å². The van der Waals surface area contributed by atoms with E-state index in [4.69, 9.17) is 43.7 Å². The van der Waals surface area contributed by atoms with Gasteiger partial charge in [-0.2, -0.15) is 0 Å². The molecule has 0 atom stereocenters. The summed E-state index contributed by atoms with van der Waals surface area (Å²) < 4.78 is 7.68. The van der Waals surface area contributed by atoms with E-state index in [9.17, 15) is 4.79 Å². The average molecular weight is 251 g/mol. The Morgan fingerprint density at radius 2 is 2.00 bits per heavy atom. The van der Waals surface area contributed by atoms with Crippen molar-refractivity contribution < 1.29 is 13.6 Å². The van der Waals surface area contributed by atoms with Gasteiger partial charge in [0.1, 0.15) is 0 Å². The SMILES string of the molecule is CCO[Si](C)OC(=O)C(Cl)(Cl)Cl. The summed E-state index contributed by atoms with van der Waals surface area (Å²) in [4.78, 5) is 10.9. The average Bonchev–Trinajstić information content (AvgIpc) is 1.85. The molecule has 0 saturated heterocycles. The summed E-state index contributed by atoms with van der Waals surface area (Å²) in [5.74, 6) is -0.891. The second-order valence-electron chi connectivity index (χ2n) is 1.81. The van der Waals surface area contributed by atoms with Crippen LogP contribution in [0.5, 0.6) is 0 Å². The quantitative estimate of drug-likeness (QED) is 0.568. The second kappa shape index (κ2) is 5.29. The maximum absolute atomic E-state index is 10.9. The Morgan fingerprint density at radius 3 is 2.33 bits per heavy atom. The van der Waals surface area contributed by atoms with E-state index in [-0.39, 0.29) is 0 Å². The summed E-state index contributed by atoms with van der Waals surface area (Å²) in [6, 6.07) is 0. The molecule has 3 nitrogen and oxygen atoms in total. The maximum Gasteiger partial charge on any atom is 0.456 e. The van der Waals surface area contributed by atoms with Crippen molar-refractivity contribution in [1.29, 1.82) is 0 Å². The van der Waals surface area contributed by atoms with Gasteiger partial charge in [-0.15, -0.1) is 0 Å². The predicted molar refractivity (Wildman–Crippen MR) is 49.6 cm³/mol. The van der Waals surface area contributed by atoms with Crippen LogP contribution in [-0.2, 0) is 13.6 Å². The minimum absolute atomic E-state index is 0.470. The van der Waals surface area contributed by atoms with Crippen molar-refractivity contribution >= 4 is 50.1 Å². The first-order valence-electron chi connectivity index (χ1n) is 3.13. The van der Waals surface area contributed by atoms with Gasteiger partial charge in [-0.05, 0) is 13.5 Å². The molecule has 0 aromatic carbocycles. The van der Waals surface area contributed by atoms with Crippen molar-refractivity contribution in [2.24, 2.45) is 0 Å². The molecular weight excluding hydrogens is 242 g/mol. The summed E-state index contributed by atoms with van der Waals surface area (Å²) in [6.45, 7) is 3.90. The Labute approximate surface area is 87.7 Å². The van der Waals surface area contributed by atoms with E-state index in [1.54, 1.807) is 13.5 Å². The Bertz CT molecular complexity index is 159. The van der Waals surface area contributed by atoms with E-state index in [1.807, 2.05) is 0 Å². The summed E-state index contributed by atoms with van der Waals surface area (Å²) >= 11 is 15.7. The summed E-state index contributed by atoms with van der Waals surface area (Å²) in [7, 11) is -1.62. The fourth-order valence-corrected chi connectivity index (χ4v) is 1.61. The molecule has 0 N–H and O–H groups in total. The van der Waals surface area contributed by atoms with Crippen molar-refractivity contribution in [3.05, 3.63) is 0 Å². The number of hydrogen-bond acceptors (Lipinski definition) is 3. The molecule has 0 aliphatic carbocycles. The van der Waals surface area contributed by atoms with E-state index in [2.05, 4.69) is 0 Å². The highest BCUT2D eigenvalue weighted by Crippen LogP contribution is 2.27. The van der Waals surface area contributed by atoms with Crippen molar-refractivity contribution in [1.82, 2.24) is 0 Å². The van der Waals surface area contributed by atoms with E-state index in [1.165, 1.54) is 0 Å². The maximum atomic E-state index is 10.9. The zero-order valence-corrected chi connectivity index (χ0v) is 9.83. The number of carbonyl (C=O) groups is 1. The molecule has 0 aromatic rings. The number of hydrogen-bond donors (Lipinski definition) is 0. The van der Waals surface area contributed by atoms with Crippen LogP contribution >= 0.6 is 34.8 Å². The molecule has 7 heteroatoms. The van der Waals surface area contributed by atoms with Crippen LogP contribution in [0.15, 0.2) is 0 Å². The molecule has 0 aromatic heterocycles. The van der Waals surface area contributed by atoms with Gasteiger partial charge in [0.2, 0.25) is 0 Å². The van der Waals surface area contributed by atoms with Gasteiger partial charge in [0.05, 0.1) is 0 Å². The van der Waals surface area contributed by atoms with Gasteiger partial charge >= 0.3 is 15.3 Å². The Balaban J connectivity index is 3.85. The Hall–Kier alpha value is 0.517. The molecule has 1 radical (unpaired) electrons. The van der Waals surface area contributed by atoms with Gasteiger partial charge in [-0.1, -0.05) is 34.8 Å². The first-order valence-corrected chi connectivity index (χ1v) is 6.08. The van der Waals surface area contributed by atoms with Crippen molar-refractivity contribution in [3.8, 4) is 0 Å². The van der Waals surface area contributed by atoms with Gasteiger partial charge < -0.3 is 8.85 Å². The lowest BCUT2D eigenvalue weighted by Crippen LogP contribution is -2.30. The Morgan fingerprint density at radius 1 is 1.50 bits per heavy atom. The zero-order valence-electron chi connectivity index (χ0n) is 6.57. The molecule has 0 aliphatic rings. The molecule has 0 fully saturated rings. The summed E-state index contributed by atoms with van der Waals surface area (Å²) in [5, 5.41) is 0. The largest absolute Gasteiger partial charge is 0.489 e. The van der Waals surface area contributed by atoms with E-state index in [0.29, 0.717) is 6.61 Å². The first kappa shape index (κ1) is 12.5. The monoisotopic (exact) mass is 249 g/mol. The van der Waals surface area contributed by atoms with Crippen LogP contribution in [0, 0.1) is 0 Å². The van der Waals surface area contributed by atoms with E-state index in [0.717, 1.165) is 0 Å². The summed E-state index contributed by atoms with van der Waals surface area (Å²) in [6.07, 6.45) is 0. The lowest BCUT2D eigenvalue weighted by atomic mass is 10.8. The standard InChI is InChI=1S/C5H8Cl3O3Si/c1-3-10-12(2)11-4(9)5(6,7)8/h3H2,1-2H3. The normalized spacial score (nSPS) is 11.8. The van der Waals surface area contributed by atoms with Gasteiger partial charge in [0.15, 0.2) is 0 Å². The molecule has 71 valence electrons. The third-order valence-corrected chi connectivity index (χ3v) is 2.45. The van der Waals surface area contributed by atoms with Crippen LogP contribution in [-0.4, -0.2) is 25.7 Å². The highest BCUT2D eigenvalue weighted by Gasteiger charge is 2.34. The van der Waals surface area contributed by atoms with Crippen LogP contribution in [0.4, 0.5) is 0 Å². The fourth-order valence-electron chi connectivity index (χ4n) is 0.421. The molecule has 0 spiro atoms. The molecule has 0 saturated carbocycles. The fraction of sp³-hybridized carbons (Fsp3) is 0.800. The summed E-state index contributed by atoms with van der Waals surface area (Å²) in [5.41, 5.74) is 0. The van der Waals surface area contributed by atoms with Crippen LogP contribution < -0.4 is 0 Å². The first-order chi connectivity index (χ1) is 5.38. The minimum atomic E-state index is -2.01. The lowest BCUT2D eigenvalue weighted by Gasteiger charge is -2.13. The van der Waals surface area contributed by atoms with E-state index < -0.39 is 19.0 Å². The van der Waals surface area contributed by atoms with Gasteiger partial charge in [0, 0.05) is 6.61 Å². The molecule has 0 unspecified atom stereocenters. The predicted octanol–water partition coefficient (Wildman–Crippen LogP) is 2.05. The number of alkyl halides is 3. The molecule has 12 heavy (non-hydrogen) atoms. The van der Waals surface area contributed by atoms with Gasteiger partial charge in [-0.25, -0.2) is 4.79 Å². The number of halogens is 3. The van der Waals surface area contributed by atoms with Gasteiger partial charge in [0.25, 0.3) is 3.79 Å². The third kappa shape index (κ3) is 5.21. The molecular formula is C5H8Cl3O3Si. The molecule has 0 amide bonds. The highest BCUT2D eigenvalue weighted by atomic mass is 35.6. The van der Waals surface area contributed by atoms with Crippen LogP contribution in [0.2, 0.25) is 6.55 Å². The van der Waals surface area contributed by atoms with Crippen molar-refractivity contribution in [3.63, 3.8) is 0 Å². The lowest BCUT2D eigenvalue weighted by molar-refractivity contribution is -0.134. The minimum Gasteiger partial charge on any atom is -0.489 e. The Kier molecular flexibility index (Phi) is 5.52. The molecule has 0 bridgehead atoms. The number of rotatable bonds is 3. The number of carbonyl (C=O) groups excluding carboxylic acids is 1. The van der Waals surface area contributed by atoms with Crippen molar-refractivity contribution in [2.45, 2.75) is 17.3 Å². The zero-order chi connectivity index (χ0) is 9.78. The van der Waals surface area contributed by atoms with Gasteiger partial charge in [-0.3, -0.25) is 0 Å². The highest BCUT2D eigenvalue weighted by molar-refractivity contribution is 6.76. The molecule has 0 aliphatic heterocycles. The smallest absolute Gasteiger partial charge is 0.456 e. The molecule has 0 heterocycles. The second-order valence-corrected chi connectivity index (χ2v) is 5.57. The van der Waals surface area contributed by atoms with Crippen LogP contribution in [0.25, 0.3) is 0 Å². The van der Waals surface area contributed by atoms with Crippen molar-refractivity contribution in [2.75, 3.05) is 6.61 Å². The van der Waals surface area contributed by atoms with Crippen LogP contribution in [0.3, 0.4) is 0 Å². The van der Waals surface area contributed by atoms with Crippen LogP contribution in [0.1, 0.15) is 6.92 Å².